The molecule has 0 radical (unpaired) electrons. The van der Waals surface area contributed by atoms with Crippen LogP contribution < -0.4 is 0 Å². The highest BCUT2D eigenvalue weighted by molar-refractivity contribution is 7.71. The van der Waals surface area contributed by atoms with Gasteiger partial charge in [-0.3, -0.25) is 0 Å². The predicted molar refractivity (Wildman–Crippen MR) is 62.3 cm³/mol. The van der Waals surface area contributed by atoms with E-state index in [1.807, 2.05) is 11.6 Å². The van der Waals surface area contributed by atoms with E-state index in [1.165, 1.54) is 0 Å². The van der Waals surface area contributed by atoms with E-state index in [0.717, 1.165) is 11.4 Å². The van der Waals surface area contributed by atoms with Crippen molar-refractivity contribution in [3.63, 3.8) is 0 Å². The fourth-order valence-corrected chi connectivity index (χ4v) is 1.68. The minimum Gasteiger partial charge on any atom is -0.378 e. The summed E-state index contributed by atoms with van der Waals surface area (Å²) in [5.41, 5.74) is 1.79. The smallest absolute Gasteiger partial charge is 0.157 e. The second-order valence-corrected chi connectivity index (χ2v) is 3.83. The van der Waals surface area contributed by atoms with E-state index in [0.29, 0.717) is 17.1 Å². The molecule has 0 unspecified atom stereocenters. The zero-order valence-electron chi connectivity index (χ0n) is 9.10. The van der Waals surface area contributed by atoms with Crippen LogP contribution in [0.5, 0.6) is 0 Å². The van der Waals surface area contributed by atoms with Gasteiger partial charge in [-0.25, -0.2) is 9.97 Å². The topological polar surface area (TPSA) is 55.7 Å². The molecule has 0 aliphatic heterocycles. The summed E-state index contributed by atoms with van der Waals surface area (Å²) >= 11 is 5.10. The standard InChI is InChI=1S/C10H12N4OS/c1-14-6-11-4-8(14)10-12-7(5-15-2)3-9(16)13-10/h3-4,6H,5H2,1-2H3,(H,12,13,16). The van der Waals surface area contributed by atoms with Gasteiger partial charge in [0.25, 0.3) is 0 Å². The average molecular weight is 236 g/mol. The van der Waals surface area contributed by atoms with Gasteiger partial charge in [-0.15, -0.1) is 0 Å². The lowest BCUT2D eigenvalue weighted by Crippen LogP contribution is -2.00. The van der Waals surface area contributed by atoms with Crippen molar-refractivity contribution in [2.45, 2.75) is 6.61 Å². The summed E-state index contributed by atoms with van der Waals surface area (Å²) in [6.45, 7) is 0.483. The van der Waals surface area contributed by atoms with Gasteiger partial charge in [0.2, 0.25) is 0 Å². The zero-order chi connectivity index (χ0) is 11.5. The number of aromatic amines is 1. The van der Waals surface area contributed by atoms with Crippen LogP contribution in [0.2, 0.25) is 0 Å². The first-order valence-corrected chi connectivity index (χ1v) is 5.17. The lowest BCUT2D eigenvalue weighted by molar-refractivity contribution is 0.181. The van der Waals surface area contributed by atoms with Crippen molar-refractivity contribution in [3.05, 3.63) is 28.9 Å². The first kappa shape index (κ1) is 11.0. The van der Waals surface area contributed by atoms with Crippen LogP contribution in [-0.4, -0.2) is 26.6 Å². The predicted octanol–water partition coefficient (Wildman–Crippen LogP) is 1.69. The van der Waals surface area contributed by atoms with Crippen LogP contribution >= 0.6 is 12.2 Å². The first-order chi connectivity index (χ1) is 7.70. The molecule has 84 valence electrons. The number of aromatic nitrogens is 4. The van der Waals surface area contributed by atoms with Crippen LogP contribution in [0.25, 0.3) is 11.5 Å². The molecule has 16 heavy (non-hydrogen) atoms. The maximum atomic E-state index is 5.10. The minimum absolute atomic E-state index is 0.483. The molecule has 0 saturated heterocycles. The lowest BCUT2D eigenvalue weighted by Gasteiger charge is -2.05. The van der Waals surface area contributed by atoms with E-state index in [-0.39, 0.29) is 0 Å². The third kappa shape index (κ3) is 2.17. The Morgan fingerprint density at radius 1 is 1.56 bits per heavy atom. The van der Waals surface area contributed by atoms with Crippen molar-refractivity contribution < 1.29 is 4.74 Å². The molecular weight excluding hydrogens is 224 g/mol. The van der Waals surface area contributed by atoms with Crippen molar-refractivity contribution in [1.82, 2.24) is 19.5 Å². The van der Waals surface area contributed by atoms with Crippen molar-refractivity contribution in [2.24, 2.45) is 7.05 Å². The summed E-state index contributed by atoms with van der Waals surface area (Å²) in [6, 6.07) is 1.79. The number of nitrogens with zero attached hydrogens (tertiary/aromatic N) is 3. The van der Waals surface area contributed by atoms with Crippen LogP contribution in [0, 0.1) is 4.64 Å². The molecular formula is C10H12N4OS. The number of hydrogen-bond donors (Lipinski definition) is 1. The number of imidazole rings is 1. The van der Waals surface area contributed by atoms with E-state index in [2.05, 4.69) is 15.0 Å². The minimum atomic E-state index is 0.483. The van der Waals surface area contributed by atoms with Gasteiger partial charge in [-0.05, 0) is 6.07 Å². The normalized spacial score (nSPS) is 10.6. The molecule has 0 fully saturated rings. The Kier molecular flexibility index (Phi) is 3.12. The number of H-pyrrole nitrogens is 1. The Balaban J connectivity index is 2.49. The molecule has 2 aromatic rings. The van der Waals surface area contributed by atoms with Gasteiger partial charge in [0, 0.05) is 19.9 Å². The van der Waals surface area contributed by atoms with E-state index >= 15 is 0 Å². The van der Waals surface area contributed by atoms with E-state index in [1.54, 1.807) is 25.7 Å². The van der Waals surface area contributed by atoms with Crippen molar-refractivity contribution in [1.29, 1.82) is 0 Å². The summed E-state index contributed by atoms with van der Waals surface area (Å²) in [5, 5.41) is 0. The fourth-order valence-electron chi connectivity index (χ4n) is 1.45. The highest BCUT2D eigenvalue weighted by atomic mass is 32.1. The molecule has 0 spiro atoms. The van der Waals surface area contributed by atoms with E-state index in [9.17, 15) is 0 Å². The van der Waals surface area contributed by atoms with Crippen molar-refractivity contribution in [3.8, 4) is 11.5 Å². The fraction of sp³-hybridized carbons (Fsp3) is 0.300. The number of nitrogens with one attached hydrogen (secondary N) is 1. The Labute approximate surface area is 98.1 Å². The second-order valence-electron chi connectivity index (χ2n) is 3.42. The number of methoxy groups -OCH3 is 1. The third-order valence-electron chi connectivity index (χ3n) is 2.16. The molecule has 0 saturated carbocycles. The van der Waals surface area contributed by atoms with Gasteiger partial charge in [-0.1, -0.05) is 12.2 Å². The maximum Gasteiger partial charge on any atom is 0.157 e. The molecule has 1 N–H and O–H groups in total. The van der Waals surface area contributed by atoms with Crippen LogP contribution in [0.15, 0.2) is 18.6 Å². The van der Waals surface area contributed by atoms with Crippen LogP contribution in [0.4, 0.5) is 0 Å². The largest absolute Gasteiger partial charge is 0.378 e. The van der Waals surface area contributed by atoms with Crippen LogP contribution in [0.3, 0.4) is 0 Å². The van der Waals surface area contributed by atoms with Crippen LogP contribution in [-0.2, 0) is 18.4 Å². The molecule has 0 aromatic carbocycles. The van der Waals surface area contributed by atoms with Gasteiger partial charge >= 0.3 is 0 Å². The number of aryl methyl sites for hydroxylation is 1. The van der Waals surface area contributed by atoms with Gasteiger partial charge in [0.15, 0.2) is 5.82 Å². The molecule has 5 nitrogen and oxygen atoms in total. The molecule has 2 heterocycles. The zero-order valence-corrected chi connectivity index (χ0v) is 9.91. The van der Waals surface area contributed by atoms with Crippen LogP contribution in [0.1, 0.15) is 5.69 Å². The molecule has 0 aliphatic carbocycles. The average Bonchev–Trinajstić information content (AvgIpc) is 2.64. The molecule has 6 heteroatoms. The summed E-state index contributed by atoms with van der Waals surface area (Å²) in [6.07, 6.45) is 3.46. The van der Waals surface area contributed by atoms with Crippen molar-refractivity contribution in [2.75, 3.05) is 7.11 Å². The Morgan fingerprint density at radius 3 is 3.00 bits per heavy atom. The highest BCUT2D eigenvalue weighted by Crippen LogP contribution is 2.13. The highest BCUT2D eigenvalue weighted by Gasteiger charge is 2.05. The molecule has 2 rings (SSSR count). The van der Waals surface area contributed by atoms with E-state index < -0.39 is 0 Å². The number of rotatable bonds is 3. The van der Waals surface area contributed by atoms with Gasteiger partial charge < -0.3 is 14.3 Å². The second kappa shape index (κ2) is 4.54. The summed E-state index contributed by atoms with van der Waals surface area (Å²) in [5.74, 6) is 0.708. The first-order valence-electron chi connectivity index (χ1n) is 4.76. The number of ether oxygens (including phenoxy) is 1. The van der Waals surface area contributed by atoms with E-state index in [4.69, 9.17) is 17.0 Å². The SMILES string of the molecule is COCc1cc(=S)nc(-c2cncn2C)[nH]1. The molecule has 0 atom stereocenters. The Bertz CT molecular complexity index is 546. The molecule has 0 amide bonds. The summed E-state index contributed by atoms with van der Waals surface area (Å²) < 4.78 is 7.48. The third-order valence-corrected chi connectivity index (χ3v) is 2.37. The quantitative estimate of drug-likeness (QED) is 0.824. The summed E-state index contributed by atoms with van der Waals surface area (Å²) in [7, 11) is 3.55. The summed E-state index contributed by atoms with van der Waals surface area (Å²) in [4.78, 5) is 11.5. The van der Waals surface area contributed by atoms with Gasteiger partial charge in [0.1, 0.15) is 10.3 Å². The Morgan fingerprint density at radius 2 is 2.38 bits per heavy atom. The maximum absolute atomic E-state index is 5.10. The number of hydrogen-bond acceptors (Lipinski definition) is 4. The van der Waals surface area contributed by atoms with Crippen molar-refractivity contribution >= 4 is 12.2 Å². The monoisotopic (exact) mass is 236 g/mol. The molecule has 2 aromatic heterocycles. The van der Waals surface area contributed by atoms with Gasteiger partial charge in [-0.2, -0.15) is 0 Å². The molecule has 0 bridgehead atoms. The lowest BCUT2D eigenvalue weighted by atomic mass is 10.3. The Hall–Kier alpha value is -1.53. The van der Waals surface area contributed by atoms with Gasteiger partial charge in [0.05, 0.1) is 19.1 Å². The molecule has 0 aliphatic rings.